The molecule has 0 radical (unpaired) electrons. The number of hydrogen-bond donors (Lipinski definition) is 0. The summed E-state index contributed by atoms with van der Waals surface area (Å²) in [7, 11) is 0. The SMILES string of the molecule is O=C(c1ccccc1C(F)(F)F)N1CCCC(c2noc(-c3cnccn3)n2)C1. The van der Waals surface area contributed by atoms with Gasteiger partial charge in [-0.2, -0.15) is 18.2 Å². The van der Waals surface area contributed by atoms with Crippen LogP contribution in [0.2, 0.25) is 0 Å². The average Bonchev–Trinajstić information content (AvgIpc) is 3.24. The molecule has 4 rings (SSSR count). The first-order valence-corrected chi connectivity index (χ1v) is 8.99. The summed E-state index contributed by atoms with van der Waals surface area (Å²) < 4.78 is 45.0. The standard InChI is InChI=1S/C19H16F3N5O2/c20-19(21,22)14-6-2-1-5-13(14)18(28)27-9-3-4-12(11-27)16-25-17(29-26-16)15-10-23-7-8-24-15/h1-2,5-8,10,12H,3-4,9,11H2. The molecule has 1 aliphatic rings. The molecular formula is C19H16F3N5O2. The van der Waals surface area contributed by atoms with Crippen molar-refractivity contribution in [1.82, 2.24) is 25.0 Å². The van der Waals surface area contributed by atoms with E-state index in [1.807, 2.05) is 0 Å². The van der Waals surface area contributed by atoms with E-state index in [0.29, 0.717) is 30.9 Å². The van der Waals surface area contributed by atoms with Crippen LogP contribution in [0.25, 0.3) is 11.6 Å². The van der Waals surface area contributed by atoms with Gasteiger partial charge in [-0.3, -0.25) is 9.78 Å². The third kappa shape index (κ3) is 3.96. The van der Waals surface area contributed by atoms with Crippen LogP contribution in [0.15, 0.2) is 47.4 Å². The number of piperidine rings is 1. The number of carbonyl (C=O) groups is 1. The minimum atomic E-state index is -4.60. The van der Waals surface area contributed by atoms with Crippen LogP contribution in [0.3, 0.4) is 0 Å². The van der Waals surface area contributed by atoms with E-state index in [1.165, 1.54) is 41.7 Å². The summed E-state index contributed by atoms with van der Waals surface area (Å²) in [6, 6.07) is 4.82. The smallest absolute Gasteiger partial charge is 0.338 e. The summed E-state index contributed by atoms with van der Waals surface area (Å²) in [5.74, 6) is -0.286. The highest BCUT2D eigenvalue weighted by Crippen LogP contribution is 2.34. The van der Waals surface area contributed by atoms with Crippen molar-refractivity contribution >= 4 is 5.91 Å². The van der Waals surface area contributed by atoms with Crippen molar-refractivity contribution in [2.24, 2.45) is 0 Å². The fourth-order valence-electron chi connectivity index (χ4n) is 3.37. The van der Waals surface area contributed by atoms with Gasteiger partial charge in [0.25, 0.3) is 11.8 Å². The number of amides is 1. The predicted molar refractivity (Wildman–Crippen MR) is 94.6 cm³/mol. The fourth-order valence-corrected chi connectivity index (χ4v) is 3.37. The Balaban J connectivity index is 1.54. The van der Waals surface area contributed by atoms with E-state index in [2.05, 4.69) is 20.1 Å². The third-order valence-corrected chi connectivity index (χ3v) is 4.76. The summed E-state index contributed by atoms with van der Waals surface area (Å²) in [5, 5.41) is 3.97. The number of benzene rings is 1. The van der Waals surface area contributed by atoms with Gasteiger partial charge in [0, 0.05) is 31.4 Å². The van der Waals surface area contributed by atoms with Crippen LogP contribution in [0.5, 0.6) is 0 Å². The molecule has 1 saturated heterocycles. The topological polar surface area (TPSA) is 85.0 Å². The predicted octanol–water partition coefficient (Wildman–Crippen LogP) is 3.57. The summed E-state index contributed by atoms with van der Waals surface area (Å²) in [6.45, 7) is 0.584. The third-order valence-electron chi connectivity index (χ3n) is 4.76. The zero-order chi connectivity index (χ0) is 20.4. The minimum absolute atomic E-state index is 0.207. The second kappa shape index (κ2) is 7.61. The Morgan fingerprint density at radius 3 is 2.79 bits per heavy atom. The molecule has 1 atom stereocenters. The van der Waals surface area contributed by atoms with E-state index in [0.717, 1.165) is 6.07 Å². The fraction of sp³-hybridized carbons (Fsp3) is 0.316. The van der Waals surface area contributed by atoms with Gasteiger partial charge in [0.15, 0.2) is 5.82 Å². The van der Waals surface area contributed by atoms with Gasteiger partial charge in [0.2, 0.25) is 0 Å². The number of likely N-dealkylation sites (tertiary alicyclic amines) is 1. The Morgan fingerprint density at radius 1 is 1.21 bits per heavy atom. The van der Waals surface area contributed by atoms with Crippen molar-refractivity contribution in [1.29, 1.82) is 0 Å². The maximum absolute atomic E-state index is 13.3. The first kappa shape index (κ1) is 19.0. The number of carbonyl (C=O) groups excluding carboxylic acids is 1. The van der Waals surface area contributed by atoms with Crippen LogP contribution in [-0.2, 0) is 6.18 Å². The molecule has 0 aliphatic carbocycles. The molecule has 0 spiro atoms. The van der Waals surface area contributed by atoms with Crippen LogP contribution in [0, 0.1) is 0 Å². The van der Waals surface area contributed by atoms with E-state index in [9.17, 15) is 18.0 Å². The van der Waals surface area contributed by atoms with Gasteiger partial charge >= 0.3 is 6.18 Å². The van der Waals surface area contributed by atoms with Gasteiger partial charge in [-0.25, -0.2) is 4.98 Å². The molecule has 1 aromatic carbocycles. The van der Waals surface area contributed by atoms with Crippen molar-refractivity contribution < 1.29 is 22.5 Å². The number of aromatic nitrogens is 4. The second-order valence-electron chi connectivity index (χ2n) is 6.68. The molecule has 3 heterocycles. The zero-order valence-corrected chi connectivity index (χ0v) is 15.1. The van der Waals surface area contributed by atoms with Gasteiger partial charge in [-0.05, 0) is 25.0 Å². The van der Waals surface area contributed by atoms with Gasteiger partial charge < -0.3 is 9.42 Å². The van der Waals surface area contributed by atoms with Crippen molar-refractivity contribution in [3.63, 3.8) is 0 Å². The lowest BCUT2D eigenvalue weighted by Crippen LogP contribution is -2.40. The van der Waals surface area contributed by atoms with E-state index < -0.39 is 17.6 Å². The van der Waals surface area contributed by atoms with E-state index in [1.54, 1.807) is 0 Å². The molecule has 150 valence electrons. The number of nitrogens with zero attached hydrogens (tertiary/aromatic N) is 5. The zero-order valence-electron chi connectivity index (χ0n) is 15.1. The van der Waals surface area contributed by atoms with Crippen LogP contribution in [0.4, 0.5) is 13.2 Å². The van der Waals surface area contributed by atoms with Gasteiger partial charge in [0.05, 0.1) is 17.3 Å². The van der Waals surface area contributed by atoms with Crippen LogP contribution >= 0.6 is 0 Å². The highest BCUT2D eigenvalue weighted by molar-refractivity contribution is 5.96. The molecule has 1 unspecified atom stereocenters. The minimum Gasteiger partial charge on any atom is -0.338 e. The molecule has 1 aliphatic heterocycles. The monoisotopic (exact) mass is 403 g/mol. The Kier molecular flexibility index (Phi) is 4.99. The second-order valence-corrected chi connectivity index (χ2v) is 6.68. The maximum Gasteiger partial charge on any atom is 0.417 e. The normalized spacial score (nSPS) is 17.3. The molecule has 0 saturated carbocycles. The quantitative estimate of drug-likeness (QED) is 0.665. The van der Waals surface area contributed by atoms with Gasteiger partial charge in [-0.1, -0.05) is 17.3 Å². The molecule has 3 aromatic rings. The van der Waals surface area contributed by atoms with Crippen LogP contribution in [-0.4, -0.2) is 44.0 Å². The first-order valence-electron chi connectivity index (χ1n) is 8.99. The molecule has 0 bridgehead atoms. The largest absolute Gasteiger partial charge is 0.417 e. The number of halogens is 3. The molecular weight excluding hydrogens is 387 g/mol. The van der Waals surface area contributed by atoms with Gasteiger partial charge in [-0.15, -0.1) is 0 Å². The molecule has 29 heavy (non-hydrogen) atoms. The maximum atomic E-state index is 13.3. The van der Waals surface area contributed by atoms with Crippen molar-refractivity contribution in [3.05, 3.63) is 59.8 Å². The highest BCUT2D eigenvalue weighted by atomic mass is 19.4. The lowest BCUT2D eigenvalue weighted by Gasteiger charge is -2.32. The van der Waals surface area contributed by atoms with Crippen molar-refractivity contribution in [2.45, 2.75) is 24.9 Å². The van der Waals surface area contributed by atoms with E-state index >= 15 is 0 Å². The van der Waals surface area contributed by atoms with Crippen molar-refractivity contribution in [2.75, 3.05) is 13.1 Å². The Morgan fingerprint density at radius 2 is 2.03 bits per heavy atom. The van der Waals surface area contributed by atoms with Crippen molar-refractivity contribution in [3.8, 4) is 11.6 Å². The van der Waals surface area contributed by atoms with E-state index in [4.69, 9.17) is 4.52 Å². The molecule has 7 nitrogen and oxygen atoms in total. The molecule has 1 fully saturated rings. The molecule has 2 aromatic heterocycles. The Labute approximate surface area is 163 Å². The molecule has 1 amide bonds. The first-order chi connectivity index (χ1) is 13.9. The molecule has 0 N–H and O–H groups in total. The van der Waals surface area contributed by atoms with Crippen LogP contribution in [0.1, 0.15) is 40.5 Å². The van der Waals surface area contributed by atoms with Gasteiger partial charge in [0.1, 0.15) is 5.69 Å². The summed E-state index contributed by atoms with van der Waals surface area (Å²) in [5.41, 5.74) is -0.861. The Hall–Kier alpha value is -3.30. The lowest BCUT2D eigenvalue weighted by atomic mass is 9.96. The Bertz CT molecular complexity index is 1010. The highest BCUT2D eigenvalue weighted by Gasteiger charge is 2.37. The summed E-state index contributed by atoms with van der Waals surface area (Å²) in [6.07, 6.45) is 1.23. The summed E-state index contributed by atoms with van der Waals surface area (Å²) >= 11 is 0. The van der Waals surface area contributed by atoms with Crippen LogP contribution < -0.4 is 0 Å². The average molecular weight is 403 g/mol. The number of hydrogen-bond acceptors (Lipinski definition) is 6. The van der Waals surface area contributed by atoms with E-state index in [-0.39, 0.29) is 23.9 Å². The number of rotatable bonds is 3. The molecule has 10 heteroatoms. The summed E-state index contributed by atoms with van der Waals surface area (Å²) in [4.78, 5) is 26.6. The number of alkyl halides is 3. The lowest BCUT2D eigenvalue weighted by molar-refractivity contribution is -0.138.